The summed E-state index contributed by atoms with van der Waals surface area (Å²) in [7, 11) is 1.83. The van der Waals surface area contributed by atoms with E-state index in [0.717, 1.165) is 32.1 Å². The van der Waals surface area contributed by atoms with Crippen LogP contribution in [0.25, 0.3) is 0 Å². The van der Waals surface area contributed by atoms with Crippen molar-refractivity contribution in [1.82, 2.24) is 4.90 Å². The Labute approximate surface area is 115 Å². The third-order valence-corrected chi connectivity index (χ3v) is 4.06. The maximum Gasteiger partial charge on any atom is 0.222 e. The van der Waals surface area contributed by atoms with Crippen molar-refractivity contribution in [3.8, 4) is 0 Å². The molecule has 2 atom stereocenters. The summed E-state index contributed by atoms with van der Waals surface area (Å²) >= 11 is 0. The van der Waals surface area contributed by atoms with E-state index in [0.29, 0.717) is 6.42 Å². The van der Waals surface area contributed by atoms with Crippen LogP contribution in [0.1, 0.15) is 37.7 Å². The van der Waals surface area contributed by atoms with E-state index in [1.165, 1.54) is 5.56 Å². The summed E-state index contributed by atoms with van der Waals surface area (Å²) in [4.78, 5) is 13.9. The van der Waals surface area contributed by atoms with Crippen LogP contribution in [0.15, 0.2) is 30.3 Å². The Hall–Kier alpha value is -1.35. The summed E-state index contributed by atoms with van der Waals surface area (Å²) < 4.78 is 0. The average Bonchev–Trinajstić information content (AvgIpc) is 2.45. The molecule has 1 aliphatic rings. The van der Waals surface area contributed by atoms with Gasteiger partial charge in [0.15, 0.2) is 0 Å². The predicted octanol–water partition coefficient (Wildman–Crippen LogP) is 2.38. The zero-order chi connectivity index (χ0) is 13.7. The topological polar surface area (TPSA) is 40.5 Å². The van der Waals surface area contributed by atoms with Crippen LogP contribution < -0.4 is 0 Å². The second kappa shape index (κ2) is 6.71. The van der Waals surface area contributed by atoms with Gasteiger partial charge in [0.1, 0.15) is 0 Å². The zero-order valence-corrected chi connectivity index (χ0v) is 11.6. The van der Waals surface area contributed by atoms with Crippen LogP contribution in [-0.2, 0) is 11.2 Å². The van der Waals surface area contributed by atoms with Gasteiger partial charge in [-0.25, -0.2) is 0 Å². The van der Waals surface area contributed by atoms with Gasteiger partial charge in [0, 0.05) is 13.5 Å². The van der Waals surface area contributed by atoms with Gasteiger partial charge in [0.2, 0.25) is 5.91 Å². The Balaban J connectivity index is 1.85. The molecular formula is C16H23NO2. The van der Waals surface area contributed by atoms with Gasteiger partial charge in [0.05, 0.1) is 12.1 Å². The normalized spacial score (nSPS) is 23.1. The number of nitrogens with zero attached hydrogens (tertiary/aromatic N) is 1. The monoisotopic (exact) mass is 261 g/mol. The Morgan fingerprint density at radius 3 is 2.63 bits per heavy atom. The molecule has 1 aromatic carbocycles. The molecule has 1 aliphatic carbocycles. The van der Waals surface area contributed by atoms with Crippen molar-refractivity contribution in [1.29, 1.82) is 0 Å². The number of aryl methyl sites for hydroxylation is 1. The molecule has 1 aromatic rings. The van der Waals surface area contributed by atoms with Crippen molar-refractivity contribution in [2.75, 3.05) is 7.05 Å². The number of amides is 1. The molecule has 1 amide bonds. The van der Waals surface area contributed by atoms with Crippen LogP contribution in [-0.4, -0.2) is 35.1 Å². The van der Waals surface area contributed by atoms with Crippen LogP contribution in [0.2, 0.25) is 0 Å². The van der Waals surface area contributed by atoms with Crippen LogP contribution >= 0.6 is 0 Å². The predicted molar refractivity (Wildman–Crippen MR) is 75.8 cm³/mol. The maximum absolute atomic E-state index is 12.2. The molecule has 0 radical (unpaired) electrons. The van der Waals surface area contributed by atoms with Gasteiger partial charge in [-0.15, -0.1) is 0 Å². The molecule has 1 N–H and O–H groups in total. The smallest absolute Gasteiger partial charge is 0.222 e. The number of aliphatic hydroxyl groups excluding tert-OH is 1. The Morgan fingerprint density at radius 2 is 1.95 bits per heavy atom. The molecule has 2 unspecified atom stereocenters. The summed E-state index contributed by atoms with van der Waals surface area (Å²) in [6.45, 7) is 0. The van der Waals surface area contributed by atoms with E-state index < -0.39 is 0 Å². The number of likely N-dealkylation sites (N-methyl/N-ethyl adjacent to an activating group) is 1. The summed E-state index contributed by atoms with van der Waals surface area (Å²) in [5.41, 5.74) is 1.19. The highest BCUT2D eigenvalue weighted by molar-refractivity contribution is 5.76. The van der Waals surface area contributed by atoms with E-state index in [2.05, 4.69) is 0 Å². The fourth-order valence-electron chi connectivity index (χ4n) is 2.80. The highest BCUT2D eigenvalue weighted by Gasteiger charge is 2.28. The number of aliphatic hydroxyl groups is 1. The molecule has 0 heterocycles. The molecule has 0 saturated heterocycles. The molecule has 104 valence electrons. The number of carbonyl (C=O) groups excluding carboxylic acids is 1. The lowest BCUT2D eigenvalue weighted by Gasteiger charge is -2.35. The highest BCUT2D eigenvalue weighted by atomic mass is 16.3. The third kappa shape index (κ3) is 3.80. The lowest BCUT2D eigenvalue weighted by molar-refractivity contribution is -0.135. The third-order valence-electron chi connectivity index (χ3n) is 4.06. The van der Waals surface area contributed by atoms with Crippen molar-refractivity contribution in [3.05, 3.63) is 35.9 Å². The Bertz CT molecular complexity index is 404. The zero-order valence-electron chi connectivity index (χ0n) is 11.6. The molecule has 0 bridgehead atoms. The molecule has 0 aromatic heterocycles. The molecule has 3 heteroatoms. The second-order valence-corrected chi connectivity index (χ2v) is 5.41. The molecular weight excluding hydrogens is 238 g/mol. The van der Waals surface area contributed by atoms with Crippen LogP contribution in [0.3, 0.4) is 0 Å². The molecule has 0 spiro atoms. The number of hydrogen-bond donors (Lipinski definition) is 1. The van der Waals surface area contributed by atoms with E-state index in [1.54, 1.807) is 4.90 Å². The van der Waals surface area contributed by atoms with Crippen molar-refractivity contribution >= 4 is 5.91 Å². The maximum atomic E-state index is 12.2. The van der Waals surface area contributed by atoms with Gasteiger partial charge in [-0.1, -0.05) is 43.2 Å². The van der Waals surface area contributed by atoms with Crippen LogP contribution in [0.5, 0.6) is 0 Å². The summed E-state index contributed by atoms with van der Waals surface area (Å²) in [6, 6.07) is 10.1. The summed E-state index contributed by atoms with van der Waals surface area (Å²) in [5, 5.41) is 9.98. The Morgan fingerprint density at radius 1 is 1.26 bits per heavy atom. The number of carbonyl (C=O) groups is 1. The second-order valence-electron chi connectivity index (χ2n) is 5.41. The fraction of sp³-hybridized carbons (Fsp3) is 0.562. The Kier molecular flexibility index (Phi) is 4.97. The first-order valence-electron chi connectivity index (χ1n) is 7.16. The fourth-order valence-corrected chi connectivity index (χ4v) is 2.80. The van der Waals surface area contributed by atoms with Crippen LogP contribution in [0, 0.1) is 0 Å². The van der Waals surface area contributed by atoms with E-state index in [-0.39, 0.29) is 18.1 Å². The number of rotatable bonds is 4. The number of benzene rings is 1. The van der Waals surface area contributed by atoms with Gasteiger partial charge < -0.3 is 10.0 Å². The van der Waals surface area contributed by atoms with Gasteiger partial charge in [-0.2, -0.15) is 0 Å². The van der Waals surface area contributed by atoms with Crippen molar-refractivity contribution in [3.63, 3.8) is 0 Å². The lowest BCUT2D eigenvalue weighted by Crippen LogP contribution is -2.46. The SMILES string of the molecule is CN(C(=O)CCc1ccccc1)C1CCCCC1O. The van der Waals surface area contributed by atoms with Crippen molar-refractivity contribution < 1.29 is 9.90 Å². The minimum absolute atomic E-state index is 0.0111. The first-order valence-corrected chi connectivity index (χ1v) is 7.16. The lowest BCUT2D eigenvalue weighted by atomic mass is 9.91. The van der Waals surface area contributed by atoms with Gasteiger partial charge in [-0.05, 0) is 24.8 Å². The largest absolute Gasteiger partial charge is 0.391 e. The van der Waals surface area contributed by atoms with E-state index in [4.69, 9.17) is 0 Å². The molecule has 3 nitrogen and oxygen atoms in total. The average molecular weight is 261 g/mol. The number of hydrogen-bond acceptors (Lipinski definition) is 2. The van der Waals surface area contributed by atoms with E-state index in [1.807, 2.05) is 37.4 Å². The first kappa shape index (κ1) is 14.1. The van der Waals surface area contributed by atoms with Gasteiger partial charge >= 0.3 is 0 Å². The minimum atomic E-state index is -0.348. The molecule has 0 aliphatic heterocycles. The van der Waals surface area contributed by atoms with Gasteiger partial charge in [0.25, 0.3) is 0 Å². The molecule has 2 rings (SSSR count). The van der Waals surface area contributed by atoms with Crippen molar-refractivity contribution in [2.45, 2.75) is 50.7 Å². The van der Waals surface area contributed by atoms with Crippen molar-refractivity contribution in [2.24, 2.45) is 0 Å². The van der Waals surface area contributed by atoms with E-state index >= 15 is 0 Å². The van der Waals surface area contributed by atoms with Gasteiger partial charge in [-0.3, -0.25) is 4.79 Å². The van der Waals surface area contributed by atoms with E-state index in [9.17, 15) is 9.90 Å². The highest BCUT2D eigenvalue weighted by Crippen LogP contribution is 2.23. The standard InChI is InChI=1S/C16H23NO2/c1-17(14-9-5-6-10-15(14)18)16(19)12-11-13-7-3-2-4-8-13/h2-4,7-8,14-15,18H,5-6,9-12H2,1H3. The first-order chi connectivity index (χ1) is 9.18. The summed E-state index contributed by atoms with van der Waals surface area (Å²) in [5.74, 6) is 0.134. The minimum Gasteiger partial charge on any atom is -0.391 e. The molecule has 1 fully saturated rings. The molecule has 19 heavy (non-hydrogen) atoms. The van der Waals surface area contributed by atoms with Crippen LogP contribution in [0.4, 0.5) is 0 Å². The summed E-state index contributed by atoms with van der Waals surface area (Å²) in [6.07, 6.45) is 4.87. The molecule has 1 saturated carbocycles. The quantitative estimate of drug-likeness (QED) is 0.904.